The highest BCUT2D eigenvalue weighted by Gasteiger charge is 1.98. The van der Waals surface area contributed by atoms with Crippen LogP contribution in [0.4, 0.5) is 5.69 Å². The van der Waals surface area contributed by atoms with Crippen LogP contribution in [0, 0.1) is 0 Å². The summed E-state index contributed by atoms with van der Waals surface area (Å²) < 4.78 is 10.3. The van der Waals surface area contributed by atoms with E-state index in [0.717, 1.165) is 24.4 Å². The number of ether oxygens (including phenoxy) is 2. The fourth-order valence-electron chi connectivity index (χ4n) is 1.81. The highest BCUT2D eigenvalue weighted by Crippen LogP contribution is 2.15. The predicted octanol–water partition coefficient (Wildman–Crippen LogP) is 2.75. The summed E-state index contributed by atoms with van der Waals surface area (Å²) in [4.78, 5) is 4.07. The normalized spacial score (nSPS) is 10.0. The Labute approximate surface area is 113 Å². The monoisotopic (exact) mass is 258 g/mol. The first kappa shape index (κ1) is 13.2. The largest absolute Gasteiger partial charge is 0.497 e. The molecule has 0 radical (unpaired) electrons. The van der Waals surface area contributed by atoms with Gasteiger partial charge in [-0.25, -0.2) is 4.98 Å². The second-order valence-electron chi connectivity index (χ2n) is 4.12. The predicted molar refractivity (Wildman–Crippen MR) is 76.0 cm³/mol. The van der Waals surface area contributed by atoms with E-state index < -0.39 is 0 Å². The van der Waals surface area contributed by atoms with Crippen molar-refractivity contribution in [3.05, 3.63) is 48.2 Å². The maximum absolute atomic E-state index is 5.20. The van der Waals surface area contributed by atoms with Gasteiger partial charge in [0, 0.05) is 24.5 Å². The lowest BCUT2D eigenvalue weighted by molar-refractivity contribution is 0.398. The van der Waals surface area contributed by atoms with Crippen molar-refractivity contribution >= 4 is 5.69 Å². The average Bonchev–Trinajstić information content (AvgIpc) is 2.48. The number of nitrogens with one attached hydrogen (secondary N) is 1. The molecule has 0 spiro atoms. The van der Waals surface area contributed by atoms with E-state index in [9.17, 15) is 0 Å². The van der Waals surface area contributed by atoms with Crippen molar-refractivity contribution in [2.24, 2.45) is 0 Å². The average molecular weight is 258 g/mol. The quantitative estimate of drug-likeness (QED) is 0.865. The van der Waals surface area contributed by atoms with Gasteiger partial charge in [-0.2, -0.15) is 0 Å². The SMILES string of the molecule is COc1cccc(CCNc2ccnc(OC)c2)c1. The molecule has 4 heteroatoms. The molecule has 1 heterocycles. The molecule has 0 aliphatic heterocycles. The number of pyridine rings is 1. The second-order valence-corrected chi connectivity index (χ2v) is 4.12. The lowest BCUT2D eigenvalue weighted by atomic mass is 10.1. The molecule has 4 nitrogen and oxygen atoms in total. The van der Waals surface area contributed by atoms with Gasteiger partial charge in [0.15, 0.2) is 0 Å². The van der Waals surface area contributed by atoms with E-state index in [1.54, 1.807) is 20.4 Å². The topological polar surface area (TPSA) is 43.4 Å². The minimum absolute atomic E-state index is 0.617. The van der Waals surface area contributed by atoms with Crippen molar-refractivity contribution in [3.63, 3.8) is 0 Å². The van der Waals surface area contributed by atoms with E-state index in [4.69, 9.17) is 9.47 Å². The van der Waals surface area contributed by atoms with Gasteiger partial charge < -0.3 is 14.8 Å². The van der Waals surface area contributed by atoms with Crippen LogP contribution >= 0.6 is 0 Å². The zero-order chi connectivity index (χ0) is 13.5. The fourth-order valence-corrected chi connectivity index (χ4v) is 1.81. The van der Waals surface area contributed by atoms with Crippen molar-refractivity contribution < 1.29 is 9.47 Å². The van der Waals surface area contributed by atoms with Crippen molar-refractivity contribution in [2.45, 2.75) is 6.42 Å². The molecular formula is C15H18N2O2. The van der Waals surface area contributed by atoms with Crippen LogP contribution < -0.4 is 14.8 Å². The summed E-state index contributed by atoms with van der Waals surface area (Å²) in [5.41, 5.74) is 2.25. The van der Waals surface area contributed by atoms with Gasteiger partial charge in [-0.05, 0) is 30.2 Å². The van der Waals surface area contributed by atoms with Crippen molar-refractivity contribution in [2.75, 3.05) is 26.1 Å². The molecule has 0 bridgehead atoms. The molecule has 2 rings (SSSR count). The summed E-state index contributed by atoms with van der Waals surface area (Å²) >= 11 is 0. The molecular weight excluding hydrogens is 240 g/mol. The van der Waals surface area contributed by atoms with Crippen molar-refractivity contribution in [1.82, 2.24) is 4.98 Å². The number of nitrogens with zero attached hydrogens (tertiary/aromatic N) is 1. The van der Waals surface area contributed by atoms with E-state index in [2.05, 4.69) is 22.4 Å². The van der Waals surface area contributed by atoms with Gasteiger partial charge in [0.25, 0.3) is 0 Å². The summed E-state index contributed by atoms with van der Waals surface area (Å²) in [6.45, 7) is 0.848. The first-order chi connectivity index (χ1) is 9.31. The Morgan fingerprint density at radius 1 is 1.11 bits per heavy atom. The van der Waals surface area contributed by atoms with Crippen LogP contribution in [0.15, 0.2) is 42.6 Å². The molecule has 2 aromatic rings. The van der Waals surface area contributed by atoms with Crippen LogP contribution in [-0.2, 0) is 6.42 Å². The number of aromatic nitrogens is 1. The summed E-state index contributed by atoms with van der Waals surface area (Å²) in [5.74, 6) is 1.51. The fraction of sp³-hybridized carbons (Fsp3) is 0.267. The third-order valence-electron chi connectivity index (χ3n) is 2.82. The number of hydrogen-bond donors (Lipinski definition) is 1. The summed E-state index contributed by atoms with van der Waals surface area (Å²) in [6, 6.07) is 11.9. The highest BCUT2D eigenvalue weighted by molar-refractivity contribution is 5.45. The van der Waals surface area contributed by atoms with Gasteiger partial charge in [-0.3, -0.25) is 0 Å². The molecule has 19 heavy (non-hydrogen) atoms. The molecule has 0 amide bonds. The Hall–Kier alpha value is -2.23. The van der Waals surface area contributed by atoms with Crippen LogP contribution in [0.25, 0.3) is 0 Å². The summed E-state index contributed by atoms with van der Waals surface area (Å²) in [7, 11) is 3.29. The first-order valence-electron chi connectivity index (χ1n) is 6.18. The van der Waals surface area contributed by atoms with Gasteiger partial charge in [0.1, 0.15) is 5.75 Å². The van der Waals surface area contributed by atoms with Crippen molar-refractivity contribution in [1.29, 1.82) is 0 Å². The van der Waals surface area contributed by atoms with E-state index in [1.165, 1.54) is 5.56 Å². The number of rotatable bonds is 6. The van der Waals surface area contributed by atoms with Crippen molar-refractivity contribution in [3.8, 4) is 11.6 Å². The Morgan fingerprint density at radius 2 is 2.00 bits per heavy atom. The lowest BCUT2D eigenvalue weighted by Crippen LogP contribution is -2.05. The molecule has 0 saturated heterocycles. The minimum Gasteiger partial charge on any atom is -0.497 e. The molecule has 0 saturated carbocycles. The Balaban J connectivity index is 1.88. The molecule has 100 valence electrons. The third kappa shape index (κ3) is 3.88. The van der Waals surface area contributed by atoms with E-state index in [0.29, 0.717) is 5.88 Å². The Kier molecular flexibility index (Phi) is 4.61. The maximum Gasteiger partial charge on any atom is 0.214 e. The standard InChI is InChI=1S/C15H18N2O2/c1-18-14-5-3-4-12(10-14)6-8-16-13-7-9-17-15(11-13)19-2/h3-5,7,9-11H,6,8H2,1-2H3,(H,16,17). The van der Waals surface area contributed by atoms with Gasteiger partial charge in [0.2, 0.25) is 5.88 Å². The molecule has 0 atom stereocenters. The molecule has 1 N–H and O–H groups in total. The Bertz CT molecular complexity index is 482. The number of benzene rings is 1. The van der Waals surface area contributed by atoms with Crippen LogP contribution in [0.2, 0.25) is 0 Å². The van der Waals surface area contributed by atoms with Gasteiger partial charge in [-0.1, -0.05) is 12.1 Å². The molecule has 0 unspecified atom stereocenters. The van der Waals surface area contributed by atoms with E-state index in [1.807, 2.05) is 24.3 Å². The summed E-state index contributed by atoms with van der Waals surface area (Å²) in [6.07, 6.45) is 2.66. The molecule has 0 aliphatic carbocycles. The van der Waals surface area contributed by atoms with Crippen LogP contribution in [0.5, 0.6) is 11.6 Å². The van der Waals surface area contributed by atoms with Gasteiger partial charge >= 0.3 is 0 Å². The molecule has 1 aromatic heterocycles. The van der Waals surface area contributed by atoms with Gasteiger partial charge in [-0.15, -0.1) is 0 Å². The van der Waals surface area contributed by atoms with E-state index >= 15 is 0 Å². The highest BCUT2D eigenvalue weighted by atomic mass is 16.5. The molecule has 0 aliphatic rings. The third-order valence-corrected chi connectivity index (χ3v) is 2.82. The lowest BCUT2D eigenvalue weighted by Gasteiger charge is -2.08. The maximum atomic E-state index is 5.20. The number of hydrogen-bond acceptors (Lipinski definition) is 4. The molecule has 0 fully saturated rings. The Morgan fingerprint density at radius 3 is 2.79 bits per heavy atom. The smallest absolute Gasteiger partial charge is 0.214 e. The first-order valence-corrected chi connectivity index (χ1v) is 6.18. The molecule has 1 aromatic carbocycles. The summed E-state index contributed by atoms with van der Waals surface area (Å²) in [5, 5.41) is 3.34. The zero-order valence-electron chi connectivity index (χ0n) is 11.2. The number of methoxy groups -OCH3 is 2. The zero-order valence-corrected chi connectivity index (χ0v) is 11.2. The second kappa shape index (κ2) is 6.64. The van der Waals surface area contributed by atoms with Crippen LogP contribution in [0.1, 0.15) is 5.56 Å². The van der Waals surface area contributed by atoms with Crippen LogP contribution in [-0.4, -0.2) is 25.7 Å². The minimum atomic E-state index is 0.617. The van der Waals surface area contributed by atoms with E-state index in [-0.39, 0.29) is 0 Å². The van der Waals surface area contributed by atoms with Gasteiger partial charge in [0.05, 0.1) is 14.2 Å². The van der Waals surface area contributed by atoms with Crippen LogP contribution in [0.3, 0.4) is 0 Å². The number of anilines is 1.